The molecule has 1 aromatic rings. The van der Waals surface area contributed by atoms with Crippen LogP contribution in [0.1, 0.15) is 39.7 Å². The van der Waals surface area contributed by atoms with Gasteiger partial charge < -0.3 is 19.9 Å². The Hall–Kier alpha value is -2.08. The second-order valence-electron chi connectivity index (χ2n) is 7.59. The van der Waals surface area contributed by atoms with Crippen LogP contribution in [0.3, 0.4) is 0 Å². The van der Waals surface area contributed by atoms with Gasteiger partial charge in [-0.3, -0.25) is 0 Å². The van der Waals surface area contributed by atoms with Crippen molar-refractivity contribution in [3.63, 3.8) is 0 Å². The maximum atomic E-state index is 12.1. The standard InChI is InChI=1S/C19H27NO5/c1-12-10-14(12)15(16(21)17(22)25-19(2,3)4)20-18(23)24-11-13-8-6-5-7-9-13/h5-9,12,14-16,21H,10-11H2,1-4H3,(H,20,23)/t12?,14-,15-,16+/m0/s1. The molecular weight excluding hydrogens is 322 g/mol. The van der Waals surface area contributed by atoms with Gasteiger partial charge in [-0.15, -0.1) is 0 Å². The average Bonchev–Trinajstić information content (AvgIpc) is 3.26. The summed E-state index contributed by atoms with van der Waals surface area (Å²) in [5.41, 5.74) is 0.160. The highest BCUT2D eigenvalue weighted by molar-refractivity contribution is 5.77. The lowest BCUT2D eigenvalue weighted by molar-refractivity contribution is -0.166. The number of esters is 1. The van der Waals surface area contributed by atoms with Gasteiger partial charge in [0.05, 0.1) is 6.04 Å². The van der Waals surface area contributed by atoms with Crippen LogP contribution in [0.4, 0.5) is 4.79 Å². The molecule has 1 fully saturated rings. The first-order valence-electron chi connectivity index (χ1n) is 8.55. The predicted octanol–water partition coefficient (Wildman–Crippen LogP) is 2.64. The maximum Gasteiger partial charge on any atom is 0.407 e. The summed E-state index contributed by atoms with van der Waals surface area (Å²) in [4.78, 5) is 24.2. The number of aliphatic hydroxyl groups is 1. The second kappa shape index (κ2) is 7.87. The fraction of sp³-hybridized carbons (Fsp3) is 0.579. The van der Waals surface area contributed by atoms with E-state index in [0.717, 1.165) is 12.0 Å². The van der Waals surface area contributed by atoms with E-state index in [1.54, 1.807) is 20.8 Å². The molecule has 6 nitrogen and oxygen atoms in total. The summed E-state index contributed by atoms with van der Waals surface area (Å²) < 4.78 is 10.4. The SMILES string of the molecule is CC1C[C@@H]1[C@H](NC(=O)OCc1ccccc1)[C@@H](O)C(=O)OC(C)(C)C. The van der Waals surface area contributed by atoms with E-state index in [2.05, 4.69) is 5.32 Å². The molecule has 0 aliphatic heterocycles. The van der Waals surface area contributed by atoms with Crippen LogP contribution in [-0.2, 0) is 20.9 Å². The zero-order valence-corrected chi connectivity index (χ0v) is 15.2. The molecule has 0 radical (unpaired) electrons. The van der Waals surface area contributed by atoms with Crippen LogP contribution in [0.25, 0.3) is 0 Å². The molecule has 4 atom stereocenters. The Kier molecular flexibility index (Phi) is 6.06. The highest BCUT2D eigenvalue weighted by Gasteiger charge is 2.46. The Morgan fingerprint density at radius 1 is 1.28 bits per heavy atom. The van der Waals surface area contributed by atoms with Gasteiger partial charge in [-0.25, -0.2) is 9.59 Å². The van der Waals surface area contributed by atoms with Crippen LogP contribution >= 0.6 is 0 Å². The smallest absolute Gasteiger partial charge is 0.407 e. The average molecular weight is 349 g/mol. The van der Waals surface area contributed by atoms with E-state index in [4.69, 9.17) is 9.47 Å². The second-order valence-corrected chi connectivity index (χ2v) is 7.59. The number of hydrogen-bond donors (Lipinski definition) is 2. The molecule has 1 unspecified atom stereocenters. The van der Waals surface area contributed by atoms with E-state index in [-0.39, 0.29) is 12.5 Å². The monoisotopic (exact) mass is 349 g/mol. The van der Waals surface area contributed by atoms with Crippen molar-refractivity contribution in [3.8, 4) is 0 Å². The molecule has 0 saturated heterocycles. The van der Waals surface area contributed by atoms with Gasteiger partial charge in [0.1, 0.15) is 12.2 Å². The quantitative estimate of drug-likeness (QED) is 0.771. The van der Waals surface area contributed by atoms with Crippen LogP contribution in [0.2, 0.25) is 0 Å². The Morgan fingerprint density at radius 2 is 1.88 bits per heavy atom. The number of hydrogen-bond acceptors (Lipinski definition) is 5. The van der Waals surface area contributed by atoms with Crippen molar-refractivity contribution >= 4 is 12.1 Å². The van der Waals surface area contributed by atoms with Crippen LogP contribution in [0.15, 0.2) is 30.3 Å². The van der Waals surface area contributed by atoms with Crippen molar-refractivity contribution in [2.45, 2.75) is 58.5 Å². The largest absolute Gasteiger partial charge is 0.458 e. The maximum absolute atomic E-state index is 12.1. The summed E-state index contributed by atoms with van der Waals surface area (Å²) in [5.74, 6) is -0.372. The number of carbonyl (C=O) groups excluding carboxylic acids is 2. The lowest BCUT2D eigenvalue weighted by atomic mass is 10.0. The van der Waals surface area contributed by atoms with Crippen molar-refractivity contribution in [1.82, 2.24) is 5.32 Å². The number of ether oxygens (including phenoxy) is 2. The summed E-state index contributed by atoms with van der Waals surface area (Å²) in [6, 6.07) is 8.58. The normalized spacial score (nSPS) is 21.8. The fourth-order valence-electron chi connectivity index (χ4n) is 2.68. The molecule has 2 rings (SSSR count). The van der Waals surface area contributed by atoms with E-state index in [1.165, 1.54) is 0 Å². The van der Waals surface area contributed by atoms with Gasteiger partial charge >= 0.3 is 12.1 Å². The van der Waals surface area contributed by atoms with Gasteiger partial charge in [-0.05, 0) is 44.6 Å². The molecule has 25 heavy (non-hydrogen) atoms. The van der Waals surface area contributed by atoms with Crippen molar-refractivity contribution in [3.05, 3.63) is 35.9 Å². The van der Waals surface area contributed by atoms with Gasteiger partial charge in [0.2, 0.25) is 0 Å². The molecule has 0 spiro atoms. The summed E-state index contributed by atoms with van der Waals surface area (Å²) in [7, 11) is 0. The molecule has 0 bridgehead atoms. The zero-order chi connectivity index (χ0) is 18.6. The molecule has 2 N–H and O–H groups in total. The molecule has 1 amide bonds. The third kappa shape index (κ3) is 6.05. The Labute approximate surface area is 148 Å². The van der Waals surface area contributed by atoms with Gasteiger partial charge in [0.25, 0.3) is 0 Å². The lowest BCUT2D eigenvalue weighted by Gasteiger charge is -2.26. The minimum atomic E-state index is -1.42. The molecular formula is C19H27NO5. The topological polar surface area (TPSA) is 84.9 Å². The minimum absolute atomic E-state index is 0.0341. The first-order valence-corrected chi connectivity index (χ1v) is 8.55. The van der Waals surface area contributed by atoms with Crippen LogP contribution in [-0.4, -0.2) is 34.9 Å². The van der Waals surface area contributed by atoms with E-state index >= 15 is 0 Å². The third-order valence-corrected chi connectivity index (χ3v) is 4.12. The number of benzene rings is 1. The zero-order valence-electron chi connectivity index (χ0n) is 15.2. The van der Waals surface area contributed by atoms with Crippen LogP contribution in [0, 0.1) is 11.8 Å². The molecule has 0 heterocycles. The summed E-state index contributed by atoms with van der Waals surface area (Å²) >= 11 is 0. The minimum Gasteiger partial charge on any atom is -0.458 e. The molecule has 0 aromatic heterocycles. The van der Waals surface area contributed by atoms with Crippen molar-refractivity contribution in [2.75, 3.05) is 0 Å². The first kappa shape index (κ1) is 19.2. The highest BCUT2D eigenvalue weighted by Crippen LogP contribution is 2.41. The molecule has 138 valence electrons. The molecule has 1 aliphatic rings. The number of nitrogens with one attached hydrogen (secondary N) is 1. The molecule has 1 aliphatic carbocycles. The van der Waals surface area contributed by atoms with Crippen molar-refractivity contribution in [2.24, 2.45) is 11.8 Å². The molecule has 6 heteroatoms. The Bertz CT molecular complexity index is 596. The van der Waals surface area contributed by atoms with E-state index < -0.39 is 29.8 Å². The van der Waals surface area contributed by atoms with Crippen molar-refractivity contribution in [1.29, 1.82) is 0 Å². The van der Waals surface area contributed by atoms with E-state index in [1.807, 2.05) is 37.3 Å². The number of rotatable bonds is 6. The fourth-order valence-corrected chi connectivity index (χ4v) is 2.68. The summed E-state index contributed by atoms with van der Waals surface area (Å²) in [5, 5.41) is 13.0. The Balaban J connectivity index is 1.93. The van der Waals surface area contributed by atoms with Crippen LogP contribution < -0.4 is 5.32 Å². The number of carbonyl (C=O) groups is 2. The van der Waals surface area contributed by atoms with Crippen LogP contribution in [0.5, 0.6) is 0 Å². The number of alkyl carbamates (subject to hydrolysis) is 1. The highest BCUT2D eigenvalue weighted by atomic mass is 16.6. The number of aliphatic hydroxyl groups excluding tert-OH is 1. The van der Waals surface area contributed by atoms with E-state index in [0.29, 0.717) is 5.92 Å². The predicted molar refractivity (Wildman–Crippen MR) is 92.7 cm³/mol. The van der Waals surface area contributed by atoms with Gasteiger partial charge in [-0.2, -0.15) is 0 Å². The summed E-state index contributed by atoms with van der Waals surface area (Å²) in [6.45, 7) is 7.33. The van der Waals surface area contributed by atoms with Gasteiger partial charge in [0, 0.05) is 0 Å². The van der Waals surface area contributed by atoms with Gasteiger partial charge in [0.15, 0.2) is 6.10 Å². The van der Waals surface area contributed by atoms with Crippen molar-refractivity contribution < 1.29 is 24.2 Å². The number of amides is 1. The summed E-state index contributed by atoms with van der Waals surface area (Å²) in [6.07, 6.45) is -1.24. The molecule has 1 aromatic carbocycles. The van der Waals surface area contributed by atoms with Gasteiger partial charge in [-0.1, -0.05) is 37.3 Å². The lowest BCUT2D eigenvalue weighted by Crippen LogP contribution is -2.50. The first-order chi connectivity index (χ1) is 11.7. The third-order valence-electron chi connectivity index (χ3n) is 4.12. The molecule has 1 saturated carbocycles. The Morgan fingerprint density at radius 3 is 2.40 bits per heavy atom. The van der Waals surface area contributed by atoms with E-state index in [9.17, 15) is 14.7 Å².